The molecule has 2 aromatic heterocycles. The molecule has 0 fully saturated rings. The second kappa shape index (κ2) is 5.66. The molecule has 0 aliphatic rings. The van der Waals surface area contributed by atoms with E-state index in [1.165, 1.54) is 10.8 Å². The van der Waals surface area contributed by atoms with Gasteiger partial charge in [0.2, 0.25) is 5.28 Å². The first-order chi connectivity index (χ1) is 10.8. The van der Waals surface area contributed by atoms with Gasteiger partial charge in [0.1, 0.15) is 5.60 Å². The Morgan fingerprint density at radius 2 is 1.91 bits per heavy atom. The maximum atomic E-state index is 12.7. The van der Waals surface area contributed by atoms with Crippen molar-refractivity contribution in [3.63, 3.8) is 0 Å². The molecule has 5 nitrogen and oxygen atoms in total. The summed E-state index contributed by atoms with van der Waals surface area (Å²) in [7, 11) is 0. The van der Waals surface area contributed by atoms with Crippen LogP contribution in [-0.4, -0.2) is 26.2 Å². The first-order valence-corrected chi connectivity index (χ1v) is 7.56. The number of nitrogens with zero attached hydrogens (tertiary/aromatic N) is 3. The summed E-state index contributed by atoms with van der Waals surface area (Å²) in [6.45, 7) is 5.48. The maximum Gasteiger partial charge on any atom is 0.419 e. The van der Waals surface area contributed by atoms with E-state index in [1.54, 1.807) is 0 Å². The van der Waals surface area contributed by atoms with Crippen LogP contribution in [0.3, 0.4) is 0 Å². The zero-order chi connectivity index (χ0) is 16.6. The van der Waals surface area contributed by atoms with E-state index in [0.29, 0.717) is 16.7 Å². The number of benzene rings is 1. The minimum absolute atomic E-state index is 0.137. The summed E-state index contributed by atoms with van der Waals surface area (Å²) in [5.41, 5.74) is 2.12. The highest BCUT2D eigenvalue weighted by Gasteiger charge is 2.23. The van der Waals surface area contributed by atoms with Crippen LogP contribution in [0.2, 0.25) is 5.28 Å². The largest absolute Gasteiger partial charge is 0.443 e. The Labute approximate surface area is 138 Å². The monoisotopic (exact) mass is 329 g/mol. The van der Waals surface area contributed by atoms with Crippen LogP contribution in [0.25, 0.3) is 22.3 Å². The van der Waals surface area contributed by atoms with Gasteiger partial charge >= 0.3 is 6.09 Å². The van der Waals surface area contributed by atoms with Crippen molar-refractivity contribution < 1.29 is 9.53 Å². The summed E-state index contributed by atoms with van der Waals surface area (Å²) in [6.07, 6.45) is 1.05. The molecule has 0 aliphatic carbocycles. The second-order valence-electron chi connectivity index (χ2n) is 6.12. The minimum Gasteiger partial charge on any atom is -0.443 e. The summed E-state index contributed by atoms with van der Waals surface area (Å²) >= 11 is 5.86. The molecule has 0 atom stereocenters. The summed E-state index contributed by atoms with van der Waals surface area (Å²) in [5.74, 6) is 0. The number of carbonyl (C=O) groups is 1. The molecule has 0 bridgehead atoms. The number of fused-ring (bicyclic) bond motifs is 1. The van der Waals surface area contributed by atoms with Gasteiger partial charge in [0.05, 0.1) is 22.9 Å². The topological polar surface area (TPSA) is 57.0 Å². The molecule has 3 aromatic rings. The fourth-order valence-electron chi connectivity index (χ4n) is 2.29. The van der Waals surface area contributed by atoms with Crippen LogP contribution < -0.4 is 0 Å². The van der Waals surface area contributed by atoms with Crippen LogP contribution in [-0.2, 0) is 4.74 Å². The Morgan fingerprint density at radius 3 is 2.57 bits per heavy atom. The van der Waals surface area contributed by atoms with Crippen molar-refractivity contribution in [2.75, 3.05) is 0 Å². The molecule has 0 spiro atoms. The normalized spacial score (nSPS) is 11.7. The lowest BCUT2D eigenvalue weighted by molar-refractivity contribution is 0.0547. The molecule has 0 radical (unpaired) electrons. The molecule has 0 amide bonds. The van der Waals surface area contributed by atoms with Gasteiger partial charge in [-0.2, -0.15) is 0 Å². The quantitative estimate of drug-likeness (QED) is 0.615. The number of aromatic nitrogens is 3. The molecular formula is C17H16ClN3O2. The average molecular weight is 330 g/mol. The van der Waals surface area contributed by atoms with Crippen molar-refractivity contribution in [1.82, 2.24) is 14.5 Å². The molecule has 1 aromatic carbocycles. The Morgan fingerprint density at radius 1 is 1.22 bits per heavy atom. The van der Waals surface area contributed by atoms with Crippen molar-refractivity contribution >= 4 is 28.7 Å². The van der Waals surface area contributed by atoms with Crippen LogP contribution in [0.1, 0.15) is 20.8 Å². The van der Waals surface area contributed by atoms with Gasteiger partial charge in [-0.05, 0) is 44.0 Å². The summed E-state index contributed by atoms with van der Waals surface area (Å²) < 4.78 is 7.00. The van der Waals surface area contributed by atoms with Gasteiger partial charge < -0.3 is 4.74 Å². The van der Waals surface area contributed by atoms with Crippen molar-refractivity contribution in [3.8, 4) is 11.3 Å². The van der Waals surface area contributed by atoms with Crippen molar-refractivity contribution in [2.24, 2.45) is 0 Å². The summed E-state index contributed by atoms with van der Waals surface area (Å²) in [4.78, 5) is 20.8. The van der Waals surface area contributed by atoms with Gasteiger partial charge in [0.25, 0.3) is 0 Å². The highest BCUT2D eigenvalue weighted by Crippen LogP contribution is 2.28. The summed E-state index contributed by atoms with van der Waals surface area (Å²) in [6, 6.07) is 11.4. The SMILES string of the molecule is CC(C)(C)OC(=O)n1c(-c2ccccc2)cc2nc(Cl)ncc21. The minimum atomic E-state index is -0.602. The van der Waals surface area contributed by atoms with Gasteiger partial charge in [-0.1, -0.05) is 30.3 Å². The molecule has 6 heteroatoms. The van der Waals surface area contributed by atoms with Gasteiger partial charge in [-0.3, -0.25) is 0 Å². The van der Waals surface area contributed by atoms with Gasteiger partial charge in [0.15, 0.2) is 0 Å². The lowest BCUT2D eigenvalue weighted by atomic mass is 10.1. The van der Waals surface area contributed by atoms with E-state index < -0.39 is 11.7 Å². The number of hydrogen-bond acceptors (Lipinski definition) is 4. The fraction of sp³-hybridized carbons (Fsp3) is 0.235. The maximum absolute atomic E-state index is 12.7. The van der Waals surface area contributed by atoms with Gasteiger partial charge in [0, 0.05) is 0 Å². The fourth-order valence-corrected chi connectivity index (χ4v) is 2.43. The molecule has 0 N–H and O–H groups in total. The molecule has 23 heavy (non-hydrogen) atoms. The van der Waals surface area contributed by atoms with Crippen molar-refractivity contribution in [2.45, 2.75) is 26.4 Å². The third-order valence-electron chi connectivity index (χ3n) is 3.17. The third kappa shape index (κ3) is 3.19. The Bertz CT molecular complexity index is 867. The van der Waals surface area contributed by atoms with E-state index in [0.717, 1.165) is 5.56 Å². The molecule has 0 saturated heterocycles. The standard InChI is InChI=1S/C17H16ClN3O2/c1-17(2,3)23-16(22)21-13(11-7-5-4-6-8-11)9-12-14(21)10-19-15(18)20-12/h4-10H,1-3H3. The Balaban J connectivity index is 2.22. The van der Waals surface area contributed by atoms with Crippen molar-refractivity contribution in [1.29, 1.82) is 0 Å². The first-order valence-electron chi connectivity index (χ1n) is 7.18. The van der Waals surface area contributed by atoms with Crippen LogP contribution in [0.15, 0.2) is 42.6 Å². The first kappa shape index (κ1) is 15.5. The van der Waals surface area contributed by atoms with Crippen LogP contribution in [0.4, 0.5) is 4.79 Å². The van der Waals surface area contributed by atoms with Gasteiger partial charge in [-0.25, -0.2) is 19.3 Å². The predicted molar refractivity (Wildman–Crippen MR) is 89.6 cm³/mol. The number of hydrogen-bond donors (Lipinski definition) is 0. The third-order valence-corrected chi connectivity index (χ3v) is 3.35. The number of halogens is 1. The smallest absolute Gasteiger partial charge is 0.419 e. The van der Waals surface area contributed by atoms with Crippen LogP contribution >= 0.6 is 11.6 Å². The molecule has 0 unspecified atom stereocenters. The molecular weight excluding hydrogens is 314 g/mol. The van der Waals surface area contributed by atoms with Crippen LogP contribution in [0.5, 0.6) is 0 Å². The average Bonchev–Trinajstić information content (AvgIpc) is 2.85. The number of ether oxygens (including phenoxy) is 1. The van der Waals surface area contributed by atoms with E-state index in [-0.39, 0.29) is 5.28 Å². The Kier molecular flexibility index (Phi) is 3.82. The van der Waals surface area contributed by atoms with E-state index in [1.807, 2.05) is 57.2 Å². The lowest BCUT2D eigenvalue weighted by Crippen LogP contribution is -2.27. The summed E-state index contributed by atoms with van der Waals surface area (Å²) in [5, 5.41) is 0.137. The van der Waals surface area contributed by atoms with E-state index in [9.17, 15) is 4.79 Å². The highest BCUT2D eigenvalue weighted by molar-refractivity contribution is 6.28. The van der Waals surface area contributed by atoms with Crippen LogP contribution in [0, 0.1) is 0 Å². The molecule has 0 saturated carbocycles. The van der Waals surface area contributed by atoms with E-state index in [4.69, 9.17) is 16.3 Å². The van der Waals surface area contributed by atoms with E-state index >= 15 is 0 Å². The molecule has 2 heterocycles. The van der Waals surface area contributed by atoms with Crippen molar-refractivity contribution in [3.05, 3.63) is 47.9 Å². The number of carbonyl (C=O) groups excluding carboxylic acids is 1. The zero-order valence-corrected chi connectivity index (χ0v) is 13.8. The molecule has 118 valence electrons. The second-order valence-corrected chi connectivity index (χ2v) is 6.46. The lowest BCUT2D eigenvalue weighted by Gasteiger charge is -2.20. The predicted octanol–water partition coefficient (Wildman–Crippen LogP) is 4.53. The number of rotatable bonds is 1. The zero-order valence-electron chi connectivity index (χ0n) is 13.1. The van der Waals surface area contributed by atoms with E-state index in [2.05, 4.69) is 9.97 Å². The highest BCUT2D eigenvalue weighted by atomic mass is 35.5. The Hall–Kier alpha value is -2.40. The van der Waals surface area contributed by atoms with Gasteiger partial charge in [-0.15, -0.1) is 0 Å². The molecule has 3 rings (SSSR count). The molecule has 0 aliphatic heterocycles.